The minimum Gasteiger partial charge on any atom is -0.339 e. The van der Waals surface area contributed by atoms with Crippen LogP contribution in [0.5, 0.6) is 0 Å². The highest BCUT2D eigenvalue weighted by Gasteiger charge is 2.30. The lowest BCUT2D eigenvalue weighted by atomic mass is 9.88. The van der Waals surface area contributed by atoms with Gasteiger partial charge in [-0.05, 0) is 56.2 Å². The van der Waals surface area contributed by atoms with E-state index in [4.69, 9.17) is 0 Å². The molecule has 3 rings (SSSR count). The highest BCUT2D eigenvalue weighted by atomic mass is 35.5. The predicted molar refractivity (Wildman–Crippen MR) is 92.7 cm³/mol. The molecule has 0 bridgehead atoms. The summed E-state index contributed by atoms with van der Waals surface area (Å²) in [5.74, 6) is 0.989. The molecule has 0 saturated carbocycles. The molecular weight excluding hydrogens is 296 g/mol. The van der Waals surface area contributed by atoms with Gasteiger partial charge in [-0.25, -0.2) is 0 Å². The van der Waals surface area contributed by atoms with Crippen LogP contribution in [-0.2, 0) is 6.42 Å². The molecule has 122 valence electrons. The molecule has 2 saturated heterocycles. The first-order valence-electron chi connectivity index (χ1n) is 8.40. The summed E-state index contributed by atoms with van der Waals surface area (Å²) >= 11 is 0. The van der Waals surface area contributed by atoms with Crippen LogP contribution in [0.15, 0.2) is 24.3 Å². The lowest BCUT2D eigenvalue weighted by Gasteiger charge is -2.35. The number of carbonyl (C=O) groups excluding carboxylic acids is 1. The SMILES string of the molecule is CCc1ccccc1C(=O)N1CCC(C2CCCN2)CC1.Cl. The first-order chi connectivity index (χ1) is 10.3. The van der Waals surface area contributed by atoms with E-state index in [0.717, 1.165) is 43.8 Å². The Labute approximate surface area is 139 Å². The van der Waals surface area contributed by atoms with E-state index in [9.17, 15) is 4.79 Å². The van der Waals surface area contributed by atoms with Crippen LogP contribution in [0.4, 0.5) is 0 Å². The van der Waals surface area contributed by atoms with Gasteiger partial charge >= 0.3 is 0 Å². The number of hydrogen-bond acceptors (Lipinski definition) is 2. The molecule has 22 heavy (non-hydrogen) atoms. The van der Waals surface area contributed by atoms with E-state index in [0.29, 0.717) is 6.04 Å². The maximum absolute atomic E-state index is 12.7. The summed E-state index contributed by atoms with van der Waals surface area (Å²) in [4.78, 5) is 14.8. The quantitative estimate of drug-likeness (QED) is 0.926. The van der Waals surface area contributed by atoms with Gasteiger partial charge in [0.25, 0.3) is 5.91 Å². The maximum atomic E-state index is 12.7. The zero-order valence-corrected chi connectivity index (χ0v) is 14.2. The number of nitrogens with one attached hydrogen (secondary N) is 1. The van der Waals surface area contributed by atoms with Crippen molar-refractivity contribution in [2.24, 2.45) is 5.92 Å². The van der Waals surface area contributed by atoms with Crippen LogP contribution in [0.25, 0.3) is 0 Å². The molecule has 1 N–H and O–H groups in total. The molecule has 0 aromatic heterocycles. The second-order valence-electron chi connectivity index (χ2n) is 6.34. The Hall–Kier alpha value is -1.06. The van der Waals surface area contributed by atoms with Gasteiger partial charge in [0.15, 0.2) is 0 Å². The third kappa shape index (κ3) is 3.64. The van der Waals surface area contributed by atoms with Crippen LogP contribution in [-0.4, -0.2) is 36.5 Å². The number of nitrogens with zero attached hydrogens (tertiary/aromatic N) is 1. The standard InChI is InChI=1S/C18H26N2O.ClH/c1-2-14-6-3-4-7-16(14)18(21)20-12-9-15(10-13-20)17-8-5-11-19-17;/h3-4,6-7,15,17,19H,2,5,8-13H2,1H3;1H. The van der Waals surface area contributed by atoms with Gasteiger partial charge in [-0.15, -0.1) is 12.4 Å². The normalized spacial score (nSPS) is 22.4. The topological polar surface area (TPSA) is 32.3 Å². The van der Waals surface area contributed by atoms with Crippen molar-refractivity contribution in [3.8, 4) is 0 Å². The molecule has 1 atom stereocenters. The van der Waals surface area contributed by atoms with Gasteiger partial charge in [-0.1, -0.05) is 25.1 Å². The molecule has 0 aliphatic carbocycles. The van der Waals surface area contributed by atoms with Gasteiger partial charge in [-0.2, -0.15) is 0 Å². The Bertz CT molecular complexity index is 492. The molecule has 2 aliphatic heterocycles. The average Bonchev–Trinajstić information content (AvgIpc) is 3.09. The number of hydrogen-bond donors (Lipinski definition) is 1. The number of halogens is 1. The molecule has 1 unspecified atom stereocenters. The van der Waals surface area contributed by atoms with Crippen LogP contribution in [0.2, 0.25) is 0 Å². The second-order valence-corrected chi connectivity index (χ2v) is 6.34. The van der Waals surface area contributed by atoms with Gasteiger partial charge in [0.05, 0.1) is 0 Å². The van der Waals surface area contributed by atoms with Gasteiger partial charge < -0.3 is 10.2 Å². The number of benzene rings is 1. The van der Waals surface area contributed by atoms with E-state index >= 15 is 0 Å². The molecule has 2 heterocycles. The van der Waals surface area contributed by atoms with Crippen molar-refractivity contribution in [3.63, 3.8) is 0 Å². The number of piperidine rings is 1. The fourth-order valence-electron chi connectivity index (χ4n) is 3.83. The number of amides is 1. The molecule has 2 fully saturated rings. The van der Waals surface area contributed by atoms with Crippen molar-refractivity contribution in [3.05, 3.63) is 35.4 Å². The Morgan fingerprint density at radius 3 is 2.59 bits per heavy atom. The van der Waals surface area contributed by atoms with E-state index < -0.39 is 0 Å². The molecule has 2 aliphatic rings. The third-order valence-electron chi connectivity index (χ3n) is 5.12. The minimum atomic E-state index is 0. The van der Waals surface area contributed by atoms with Crippen molar-refractivity contribution in [2.45, 2.75) is 45.1 Å². The van der Waals surface area contributed by atoms with Gasteiger partial charge in [0, 0.05) is 24.7 Å². The molecule has 1 amide bonds. The molecule has 0 radical (unpaired) electrons. The molecule has 3 nitrogen and oxygen atoms in total. The van der Waals surface area contributed by atoms with Gasteiger partial charge in [0.1, 0.15) is 0 Å². The molecule has 1 aromatic rings. The summed E-state index contributed by atoms with van der Waals surface area (Å²) in [5.41, 5.74) is 2.07. The third-order valence-corrected chi connectivity index (χ3v) is 5.12. The van der Waals surface area contributed by atoms with Crippen molar-refractivity contribution >= 4 is 18.3 Å². The predicted octanol–water partition coefficient (Wildman–Crippen LogP) is 3.28. The fourth-order valence-corrected chi connectivity index (χ4v) is 3.83. The number of aryl methyl sites for hydroxylation is 1. The van der Waals surface area contributed by atoms with Gasteiger partial charge in [0.2, 0.25) is 0 Å². The largest absolute Gasteiger partial charge is 0.339 e. The van der Waals surface area contributed by atoms with Crippen LogP contribution in [0.3, 0.4) is 0 Å². The number of likely N-dealkylation sites (tertiary alicyclic amines) is 1. The molecular formula is C18H27ClN2O. The number of carbonyl (C=O) groups is 1. The van der Waals surface area contributed by atoms with E-state index in [1.165, 1.54) is 24.9 Å². The summed E-state index contributed by atoms with van der Waals surface area (Å²) in [6.45, 7) is 5.12. The van der Waals surface area contributed by atoms with Crippen molar-refractivity contribution in [1.29, 1.82) is 0 Å². The number of rotatable bonds is 3. The highest BCUT2D eigenvalue weighted by molar-refractivity contribution is 5.95. The summed E-state index contributed by atoms with van der Waals surface area (Å²) in [7, 11) is 0. The van der Waals surface area contributed by atoms with Crippen LogP contribution in [0.1, 0.15) is 48.5 Å². The molecule has 4 heteroatoms. The van der Waals surface area contributed by atoms with Crippen LogP contribution >= 0.6 is 12.4 Å². The lowest BCUT2D eigenvalue weighted by Crippen LogP contribution is -2.43. The monoisotopic (exact) mass is 322 g/mol. The van der Waals surface area contributed by atoms with E-state index in [1.807, 2.05) is 18.2 Å². The molecule has 0 spiro atoms. The zero-order chi connectivity index (χ0) is 14.7. The Morgan fingerprint density at radius 2 is 1.95 bits per heavy atom. The second kappa shape index (κ2) is 7.98. The first-order valence-corrected chi connectivity index (χ1v) is 8.40. The highest BCUT2D eigenvalue weighted by Crippen LogP contribution is 2.26. The van der Waals surface area contributed by atoms with Crippen LogP contribution < -0.4 is 5.32 Å². The van der Waals surface area contributed by atoms with Crippen molar-refractivity contribution in [1.82, 2.24) is 10.2 Å². The fraction of sp³-hybridized carbons (Fsp3) is 0.611. The van der Waals surface area contributed by atoms with Crippen molar-refractivity contribution < 1.29 is 4.79 Å². The van der Waals surface area contributed by atoms with E-state index in [2.05, 4.69) is 23.2 Å². The zero-order valence-electron chi connectivity index (χ0n) is 13.4. The first kappa shape index (κ1) is 17.3. The Kier molecular flexibility index (Phi) is 6.27. The summed E-state index contributed by atoms with van der Waals surface area (Å²) in [5, 5.41) is 3.62. The van der Waals surface area contributed by atoms with E-state index in [-0.39, 0.29) is 18.3 Å². The lowest BCUT2D eigenvalue weighted by molar-refractivity contribution is 0.0673. The minimum absolute atomic E-state index is 0. The Morgan fingerprint density at radius 1 is 1.23 bits per heavy atom. The summed E-state index contributed by atoms with van der Waals surface area (Å²) in [6, 6.07) is 8.74. The summed E-state index contributed by atoms with van der Waals surface area (Å²) in [6.07, 6.45) is 5.85. The summed E-state index contributed by atoms with van der Waals surface area (Å²) < 4.78 is 0. The van der Waals surface area contributed by atoms with Gasteiger partial charge in [-0.3, -0.25) is 4.79 Å². The maximum Gasteiger partial charge on any atom is 0.254 e. The van der Waals surface area contributed by atoms with Crippen LogP contribution in [0, 0.1) is 5.92 Å². The Balaban J connectivity index is 0.00000176. The van der Waals surface area contributed by atoms with Crippen molar-refractivity contribution in [2.75, 3.05) is 19.6 Å². The van der Waals surface area contributed by atoms with E-state index in [1.54, 1.807) is 0 Å². The average molecular weight is 323 g/mol. The smallest absolute Gasteiger partial charge is 0.254 e. The molecule has 1 aromatic carbocycles.